The zero-order valence-corrected chi connectivity index (χ0v) is 20.1. The molecule has 0 saturated carbocycles. The van der Waals surface area contributed by atoms with Gasteiger partial charge in [0.2, 0.25) is 0 Å². The second-order valence-electron chi connectivity index (χ2n) is 7.47. The van der Waals surface area contributed by atoms with Gasteiger partial charge in [-0.1, -0.05) is 53.5 Å². The van der Waals surface area contributed by atoms with Crippen LogP contribution in [0.1, 0.15) is 18.1 Å². The first-order valence-electron chi connectivity index (χ1n) is 10.7. The molecule has 3 aromatic rings. The van der Waals surface area contributed by atoms with Crippen molar-refractivity contribution in [2.45, 2.75) is 13.5 Å². The molecule has 0 bridgehead atoms. The van der Waals surface area contributed by atoms with E-state index in [1.807, 2.05) is 19.1 Å². The van der Waals surface area contributed by atoms with Crippen molar-refractivity contribution >= 4 is 52.8 Å². The summed E-state index contributed by atoms with van der Waals surface area (Å²) in [4.78, 5) is 38.8. The highest BCUT2D eigenvalue weighted by molar-refractivity contribution is 6.39. The number of nitrogens with zero attached hydrogens (tertiary/aromatic N) is 1. The summed E-state index contributed by atoms with van der Waals surface area (Å²) in [6.07, 6.45) is 1.36. The number of hydrogen-bond donors (Lipinski definition) is 1. The molecule has 4 amide bonds. The Hall–Kier alpha value is -3.81. The SMILES string of the molecule is CCOc1cc(/C=C2\C(=O)NC(=O)N(c3ccccc3)C2=O)cc(Cl)c1OCc1ccc(Cl)cc1. The molecule has 1 fully saturated rings. The third-order valence-electron chi connectivity index (χ3n) is 5.06. The topological polar surface area (TPSA) is 84.9 Å². The Labute approximate surface area is 211 Å². The van der Waals surface area contributed by atoms with Crippen molar-refractivity contribution in [1.29, 1.82) is 0 Å². The number of carbonyl (C=O) groups excluding carboxylic acids is 3. The fourth-order valence-corrected chi connectivity index (χ4v) is 3.85. The van der Waals surface area contributed by atoms with Crippen LogP contribution < -0.4 is 19.7 Å². The van der Waals surface area contributed by atoms with Crippen LogP contribution in [-0.2, 0) is 16.2 Å². The van der Waals surface area contributed by atoms with Crippen LogP contribution in [-0.4, -0.2) is 24.5 Å². The number of para-hydroxylation sites is 1. The average molecular weight is 511 g/mol. The first-order valence-corrected chi connectivity index (χ1v) is 11.4. The van der Waals surface area contributed by atoms with E-state index < -0.39 is 17.8 Å². The Morgan fingerprint density at radius 1 is 0.943 bits per heavy atom. The van der Waals surface area contributed by atoms with Crippen LogP contribution in [0.5, 0.6) is 11.5 Å². The van der Waals surface area contributed by atoms with Gasteiger partial charge >= 0.3 is 6.03 Å². The average Bonchev–Trinajstić information content (AvgIpc) is 2.83. The van der Waals surface area contributed by atoms with Crippen LogP contribution in [0.25, 0.3) is 6.08 Å². The third kappa shape index (κ3) is 5.48. The number of hydrogen-bond acceptors (Lipinski definition) is 5. The molecule has 0 atom stereocenters. The number of anilines is 1. The summed E-state index contributed by atoms with van der Waals surface area (Å²) in [6, 6.07) is 17.9. The number of benzene rings is 3. The van der Waals surface area contributed by atoms with Crippen LogP contribution in [0.3, 0.4) is 0 Å². The van der Waals surface area contributed by atoms with Gasteiger partial charge in [-0.3, -0.25) is 14.9 Å². The molecule has 178 valence electrons. The van der Waals surface area contributed by atoms with Gasteiger partial charge in [-0.15, -0.1) is 0 Å². The summed E-state index contributed by atoms with van der Waals surface area (Å²) < 4.78 is 11.6. The lowest BCUT2D eigenvalue weighted by atomic mass is 10.1. The van der Waals surface area contributed by atoms with E-state index in [4.69, 9.17) is 32.7 Å². The number of carbonyl (C=O) groups is 3. The number of halogens is 2. The minimum Gasteiger partial charge on any atom is -0.490 e. The zero-order chi connectivity index (χ0) is 24.9. The van der Waals surface area contributed by atoms with Gasteiger partial charge in [-0.25, -0.2) is 9.69 Å². The molecule has 0 spiro atoms. The molecule has 0 aliphatic carbocycles. The molecule has 7 nitrogen and oxygen atoms in total. The van der Waals surface area contributed by atoms with Crippen molar-refractivity contribution in [1.82, 2.24) is 5.32 Å². The quantitative estimate of drug-likeness (QED) is 0.328. The Bertz CT molecular complexity index is 1310. The predicted molar refractivity (Wildman–Crippen MR) is 134 cm³/mol. The molecule has 1 aliphatic rings. The Kier molecular flexibility index (Phi) is 7.39. The lowest BCUT2D eigenvalue weighted by molar-refractivity contribution is -0.122. The molecule has 0 aromatic heterocycles. The minimum absolute atomic E-state index is 0.221. The number of imide groups is 2. The molecule has 35 heavy (non-hydrogen) atoms. The standard InChI is InChI=1S/C26H20Cl2N2O5/c1-2-34-22-14-17(13-21(28)23(22)35-15-16-8-10-18(27)11-9-16)12-20-24(31)29-26(33)30(25(20)32)19-6-4-3-5-7-19/h3-14H,2,15H2,1H3,(H,29,31,33)/b20-12+. The van der Waals surface area contributed by atoms with Crippen LogP contribution in [0.2, 0.25) is 10.0 Å². The maximum absolute atomic E-state index is 13.1. The first-order chi connectivity index (χ1) is 16.9. The molecule has 9 heteroatoms. The van der Waals surface area contributed by atoms with Gasteiger partial charge < -0.3 is 9.47 Å². The van der Waals surface area contributed by atoms with Crippen molar-refractivity contribution < 1.29 is 23.9 Å². The summed E-state index contributed by atoms with van der Waals surface area (Å²) in [7, 11) is 0. The fraction of sp³-hybridized carbons (Fsp3) is 0.115. The molecule has 3 aromatic carbocycles. The summed E-state index contributed by atoms with van der Waals surface area (Å²) in [6.45, 7) is 2.37. The summed E-state index contributed by atoms with van der Waals surface area (Å²) in [5.74, 6) is -0.877. The maximum Gasteiger partial charge on any atom is 0.335 e. The lowest BCUT2D eigenvalue weighted by Crippen LogP contribution is -2.54. The van der Waals surface area contributed by atoms with E-state index in [1.54, 1.807) is 54.6 Å². The van der Waals surface area contributed by atoms with Crippen LogP contribution >= 0.6 is 23.2 Å². The molecular weight excluding hydrogens is 491 g/mol. The Balaban J connectivity index is 1.65. The number of nitrogens with one attached hydrogen (secondary N) is 1. The van der Waals surface area contributed by atoms with Gasteiger partial charge in [0.05, 0.1) is 17.3 Å². The van der Waals surface area contributed by atoms with Gasteiger partial charge in [0.1, 0.15) is 12.2 Å². The zero-order valence-electron chi connectivity index (χ0n) is 18.6. The number of ether oxygens (including phenoxy) is 2. The van der Waals surface area contributed by atoms with Gasteiger partial charge in [-0.2, -0.15) is 0 Å². The van der Waals surface area contributed by atoms with E-state index in [1.165, 1.54) is 6.08 Å². The number of barbiturate groups is 1. The molecular formula is C26H20Cl2N2O5. The third-order valence-corrected chi connectivity index (χ3v) is 5.59. The molecule has 1 heterocycles. The van der Waals surface area contributed by atoms with E-state index in [2.05, 4.69) is 5.32 Å². The Morgan fingerprint density at radius 2 is 1.66 bits per heavy atom. The van der Waals surface area contributed by atoms with E-state index in [0.29, 0.717) is 34.4 Å². The maximum atomic E-state index is 13.1. The van der Waals surface area contributed by atoms with Crippen molar-refractivity contribution in [2.75, 3.05) is 11.5 Å². The fourth-order valence-electron chi connectivity index (χ4n) is 3.45. The second-order valence-corrected chi connectivity index (χ2v) is 8.32. The van der Waals surface area contributed by atoms with Gasteiger partial charge in [0, 0.05) is 5.02 Å². The monoisotopic (exact) mass is 510 g/mol. The van der Waals surface area contributed by atoms with Crippen LogP contribution in [0.15, 0.2) is 72.3 Å². The van der Waals surface area contributed by atoms with Gasteiger partial charge in [0.25, 0.3) is 11.8 Å². The highest BCUT2D eigenvalue weighted by atomic mass is 35.5. The van der Waals surface area contributed by atoms with Crippen LogP contribution in [0.4, 0.5) is 10.5 Å². The van der Waals surface area contributed by atoms with E-state index in [0.717, 1.165) is 10.5 Å². The highest BCUT2D eigenvalue weighted by Crippen LogP contribution is 2.38. The number of amides is 4. The van der Waals surface area contributed by atoms with Crippen molar-refractivity contribution in [3.63, 3.8) is 0 Å². The molecule has 0 radical (unpaired) electrons. The Morgan fingerprint density at radius 3 is 2.34 bits per heavy atom. The van der Waals surface area contributed by atoms with Gasteiger partial charge in [-0.05, 0) is 60.5 Å². The minimum atomic E-state index is -0.817. The second kappa shape index (κ2) is 10.6. The molecule has 1 N–H and O–H groups in total. The summed E-state index contributed by atoms with van der Waals surface area (Å²) in [5.41, 5.74) is 1.43. The molecule has 1 aliphatic heterocycles. The summed E-state index contributed by atoms with van der Waals surface area (Å²) >= 11 is 12.4. The largest absolute Gasteiger partial charge is 0.490 e. The van der Waals surface area contributed by atoms with E-state index in [-0.39, 0.29) is 17.2 Å². The lowest BCUT2D eigenvalue weighted by Gasteiger charge is -2.26. The molecule has 4 rings (SSSR count). The van der Waals surface area contributed by atoms with Crippen molar-refractivity contribution in [2.24, 2.45) is 0 Å². The smallest absolute Gasteiger partial charge is 0.335 e. The van der Waals surface area contributed by atoms with Crippen molar-refractivity contribution in [3.05, 3.63) is 93.5 Å². The molecule has 0 unspecified atom stereocenters. The predicted octanol–water partition coefficient (Wildman–Crippen LogP) is 5.64. The normalized spacial score (nSPS) is 14.8. The number of urea groups is 1. The van der Waals surface area contributed by atoms with E-state index >= 15 is 0 Å². The number of rotatable bonds is 7. The van der Waals surface area contributed by atoms with Gasteiger partial charge in [0.15, 0.2) is 11.5 Å². The first kappa shape index (κ1) is 24.3. The van der Waals surface area contributed by atoms with E-state index in [9.17, 15) is 14.4 Å². The highest BCUT2D eigenvalue weighted by Gasteiger charge is 2.36. The van der Waals surface area contributed by atoms with Crippen molar-refractivity contribution in [3.8, 4) is 11.5 Å². The van der Waals surface area contributed by atoms with Crippen LogP contribution in [0, 0.1) is 0 Å². The summed E-state index contributed by atoms with van der Waals surface area (Å²) in [5, 5.41) is 3.05. The molecule has 1 saturated heterocycles.